The van der Waals surface area contributed by atoms with Crippen LogP contribution in [0.1, 0.15) is 16.7 Å². The van der Waals surface area contributed by atoms with Gasteiger partial charge in [-0.05, 0) is 22.8 Å². The van der Waals surface area contributed by atoms with E-state index in [4.69, 9.17) is 64.7 Å². The quantitative estimate of drug-likeness (QED) is 0.183. The van der Waals surface area contributed by atoms with E-state index >= 15 is 0 Å². The van der Waals surface area contributed by atoms with Crippen LogP contribution < -0.4 is 0 Å². The van der Waals surface area contributed by atoms with Crippen molar-refractivity contribution in [2.75, 3.05) is 0 Å². The molecule has 2 N–H and O–H groups in total. The Morgan fingerprint density at radius 3 is 1.30 bits per heavy atom. The normalized spacial score (nSPS) is 12.1. The van der Waals surface area contributed by atoms with Crippen molar-refractivity contribution >= 4 is 78.9 Å². The van der Waals surface area contributed by atoms with Crippen LogP contribution >= 0.6 is 34.8 Å². The molecule has 46 heavy (non-hydrogen) atoms. The van der Waals surface area contributed by atoms with E-state index in [2.05, 4.69) is 9.97 Å². The van der Waals surface area contributed by atoms with Crippen LogP contribution in [0.5, 0.6) is 0 Å². The zero-order valence-electron chi connectivity index (χ0n) is 23.9. The number of aromatic amines is 2. The highest BCUT2D eigenvalue weighted by Gasteiger charge is 2.23. The predicted molar refractivity (Wildman–Crippen MR) is 185 cm³/mol. The zero-order valence-corrected chi connectivity index (χ0v) is 26.2. The number of fused-ring (bicyclic) bond motifs is 20. The minimum Gasteiger partial charge on any atom is -0.324 e. The summed E-state index contributed by atoms with van der Waals surface area (Å²) in [5.41, 5.74) is 8.54. The molecule has 0 saturated heterocycles. The van der Waals surface area contributed by atoms with Crippen LogP contribution in [0.15, 0.2) is 78.9 Å². The fourth-order valence-corrected chi connectivity index (χ4v) is 7.28. The molecule has 0 atom stereocenters. The van der Waals surface area contributed by atoms with Gasteiger partial charge in [-0.3, -0.25) is 0 Å². The summed E-state index contributed by atoms with van der Waals surface area (Å²) in [5.74, 6) is 2.87. The van der Waals surface area contributed by atoms with Crippen LogP contribution in [-0.2, 0) is 17.6 Å². The van der Waals surface area contributed by atoms with Crippen molar-refractivity contribution < 1.29 is 0 Å². The summed E-state index contributed by atoms with van der Waals surface area (Å²) in [7, 11) is 0. The molecular formula is C35H21Cl3N8. The maximum absolute atomic E-state index is 6.63. The molecule has 0 amide bonds. The maximum Gasteiger partial charge on any atom is 0.164 e. The van der Waals surface area contributed by atoms with Gasteiger partial charge in [0.2, 0.25) is 0 Å². The highest BCUT2D eigenvalue weighted by atomic mass is 35.5. The first kappa shape index (κ1) is 27.4. The highest BCUT2D eigenvalue weighted by molar-refractivity contribution is 6.22. The number of nitrogens with zero attached hydrogens (tertiary/aromatic N) is 6. The summed E-state index contributed by atoms with van der Waals surface area (Å²) in [4.78, 5) is 37.2. The molecule has 0 spiro atoms. The number of hydrogen-bond donors (Lipinski definition) is 2. The van der Waals surface area contributed by atoms with Gasteiger partial charge in [0.05, 0.1) is 0 Å². The van der Waals surface area contributed by atoms with Crippen molar-refractivity contribution in [3.05, 3.63) is 95.6 Å². The SMILES string of the molecule is ClCc1cc2c3nc4nc(nc5[nH]c(nc6nc(nc([nH]3)c2c(CCl)c1CCl)-c1ccccc1-6)c1ccccc51)-c1ccccc1-4. The summed E-state index contributed by atoms with van der Waals surface area (Å²) in [6, 6.07) is 25.9. The number of benzene rings is 4. The predicted octanol–water partition coefficient (Wildman–Crippen LogP) is 9.09. The summed E-state index contributed by atoms with van der Waals surface area (Å²) in [6.07, 6.45) is 0. The molecule has 5 heterocycles. The van der Waals surface area contributed by atoms with Crippen LogP contribution in [0.25, 0.3) is 89.7 Å². The van der Waals surface area contributed by atoms with Crippen molar-refractivity contribution in [3.63, 3.8) is 0 Å². The second-order valence-electron chi connectivity index (χ2n) is 11.1. The van der Waals surface area contributed by atoms with Gasteiger partial charge in [-0.15, -0.1) is 34.8 Å². The lowest BCUT2D eigenvalue weighted by Gasteiger charge is -2.11. The Labute approximate surface area is 276 Å². The van der Waals surface area contributed by atoms with E-state index in [1.54, 1.807) is 0 Å². The topological polar surface area (TPSA) is 109 Å². The summed E-state index contributed by atoms with van der Waals surface area (Å²) in [5, 5.41) is 3.48. The molecule has 222 valence electrons. The van der Waals surface area contributed by atoms with Crippen LogP contribution in [0.4, 0.5) is 0 Å². The van der Waals surface area contributed by atoms with Gasteiger partial charge < -0.3 is 9.97 Å². The third-order valence-corrected chi connectivity index (χ3v) is 9.39. The van der Waals surface area contributed by atoms with E-state index in [1.807, 2.05) is 78.9 Å². The lowest BCUT2D eigenvalue weighted by atomic mass is 9.98. The Bertz CT molecular complexity index is 2570. The molecule has 2 aliphatic rings. The number of aromatic nitrogens is 8. The minimum atomic E-state index is 0.210. The van der Waals surface area contributed by atoms with E-state index in [1.165, 1.54) is 0 Å². The molecule has 8 nitrogen and oxygen atoms in total. The Kier molecular flexibility index (Phi) is 6.31. The average molecular weight is 660 g/mol. The summed E-state index contributed by atoms with van der Waals surface area (Å²) < 4.78 is 0. The van der Waals surface area contributed by atoms with Gasteiger partial charge in [-0.25, -0.2) is 29.9 Å². The Morgan fingerprint density at radius 1 is 0.435 bits per heavy atom. The lowest BCUT2D eigenvalue weighted by Crippen LogP contribution is -1.96. The molecule has 4 aromatic carbocycles. The molecule has 0 unspecified atom stereocenters. The standard InChI is InChI=1S/C35H21Cl3N8/c36-14-17-13-24-27(26(16-38)25(17)15-37)35-45-33-23-12-6-5-11-22(23)31(43-33)41-29-19-8-2-1-7-18(19)28(39-29)40-30-20-9-3-4-10-21(20)32(42-30)44-34(24)46-35/h1-13H,14-16H2,(H2,39,40,41,42,43,44,45,46). The van der Waals surface area contributed by atoms with Crippen molar-refractivity contribution in [2.24, 2.45) is 0 Å². The third-order valence-electron chi connectivity index (χ3n) is 8.57. The molecular weight excluding hydrogens is 639 g/mol. The molecule has 0 saturated carbocycles. The molecule has 0 aliphatic carbocycles. The first-order valence-corrected chi connectivity index (χ1v) is 16.2. The smallest absolute Gasteiger partial charge is 0.164 e. The van der Waals surface area contributed by atoms with Gasteiger partial charge in [-0.1, -0.05) is 72.8 Å². The number of nitrogens with one attached hydrogen (secondary N) is 2. The maximum atomic E-state index is 6.63. The number of hydrogen-bond acceptors (Lipinski definition) is 6. The molecule has 11 heteroatoms. The first-order chi connectivity index (χ1) is 22.6. The fourth-order valence-electron chi connectivity index (χ4n) is 6.42. The van der Waals surface area contributed by atoms with Crippen LogP contribution in [0.3, 0.4) is 0 Å². The number of H-pyrrole nitrogens is 2. The monoisotopic (exact) mass is 658 g/mol. The van der Waals surface area contributed by atoms with Crippen molar-refractivity contribution in [3.8, 4) is 45.6 Å². The van der Waals surface area contributed by atoms with Crippen LogP contribution in [-0.4, -0.2) is 39.9 Å². The summed E-state index contributed by atoms with van der Waals surface area (Å²) in [6.45, 7) is 0. The molecule has 8 bridgehead atoms. The third kappa shape index (κ3) is 4.07. The molecule has 7 aromatic rings. The van der Waals surface area contributed by atoms with Crippen LogP contribution in [0.2, 0.25) is 0 Å². The molecule has 0 radical (unpaired) electrons. The summed E-state index contributed by atoms with van der Waals surface area (Å²) >= 11 is 19.6. The zero-order chi connectivity index (χ0) is 30.9. The van der Waals surface area contributed by atoms with Gasteiger partial charge >= 0.3 is 0 Å². The number of alkyl halides is 3. The van der Waals surface area contributed by atoms with E-state index < -0.39 is 0 Å². The van der Waals surface area contributed by atoms with Crippen molar-refractivity contribution in [1.82, 2.24) is 39.9 Å². The van der Waals surface area contributed by atoms with E-state index in [0.717, 1.165) is 60.5 Å². The van der Waals surface area contributed by atoms with Gasteiger partial charge in [-0.2, -0.15) is 0 Å². The second kappa shape index (κ2) is 10.6. The van der Waals surface area contributed by atoms with Crippen molar-refractivity contribution in [2.45, 2.75) is 17.6 Å². The first-order valence-electron chi connectivity index (χ1n) is 14.6. The van der Waals surface area contributed by atoms with Crippen LogP contribution in [0, 0.1) is 0 Å². The van der Waals surface area contributed by atoms with Crippen molar-refractivity contribution in [1.29, 1.82) is 0 Å². The lowest BCUT2D eigenvalue weighted by molar-refractivity contribution is 1.19. The van der Waals surface area contributed by atoms with Gasteiger partial charge in [0, 0.05) is 61.4 Å². The Morgan fingerprint density at radius 2 is 0.848 bits per heavy atom. The second-order valence-corrected chi connectivity index (χ2v) is 11.9. The van der Waals surface area contributed by atoms with Gasteiger partial charge in [0.1, 0.15) is 22.6 Å². The Balaban J connectivity index is 1.52. The van der Waals surface area contributed by atoms with E-state index in [9.17, 15) is 0 Å². The van der Waals surface area contributed by atoms with Gasteiger partial charge in [0.15, 0.2) is 23.3 Å². The van der Waals surface area contributed by atoms with E-state index in [-0.39, 0.29) is 17.6 Å². The van der Waals surface area contributed by atoms with Gasteiger partial charge in [0.25, 0.3) is 0 Å². The molecule has 9 rings (SSSR count). The number of rotatable bonds is 3. The highest BCUT2D eigenvalue weighted by Crippen LogP contribution is 2.39. The molecule has 2 aliphatic heterocycles. The largest absolute Gasteiger partial charge is 0.324 e. The van der Waals surface area contributed by atoms with E-state index in [0.29, 0.717) is 45.9 Å². The fraction of sp³-hybridized carbons (Fsp3) is 0.0857. The molecule has 3 aromatic heterocycles. The molecule has 0 fully saturated rings. The number of halogens is 3. The minimum absolute atomic E-state index is 0.210. The Hall–Kier alpha value is -4.89. The average Bonchev–Trinajstić information content (AvgIpc) is 3.83.